The van der Waals surface area contributed by atoms with E-state index in [1.807, 2.05) is 54.6 Å². The zero-order chi connectivity index (χ0) is 13.2. The third-order valence-electron chi connectivity index (χ3n) is 3.34. The average molecular weight is 250 g/mol. The lowest BCUT2D eigenvalue weighted by molar-refractivity contribution is 0.562. The van der Waals surface area contributed by atoms with Crippen LogP contribution in [0.1, 0.15) is 12.5 Å². The molecule has 2 heteroatoms. The third kappa shape index (κ3) is 1.95. The summed E-state index contributed by atoms with van der Waals surface area (Å²) in [4.78, 5) is 12.2. The van der Waals surface area contributed by atoms with E-state index in [4.69, 9.17) is 4.42 Å². The largest absolute Gasteiger partial charge is 0.422 e. The first-order valence-corrected chi connectivity index (χ1v) is 6.41. The maximum atomic E-state index is 12.2. The minimum atomic E-state index is -0.262. The Balaban J connectivity index is 2.42. The van der Waals surface area contributed by atoms with Crippen LogP contribution in [0.2, 0.25) is 0 Å². The Morgan fingerprint density at radius 1 is 0.947 bits per heavy atom. The highest BCUT2D eigenvalue weighted by Crippen LogP contribution is 2.27. The molecule has 0 saturated heterocycles. The molecule has 94 valence electrons. The molecule has 2 nitrogen and oxygen atoms in total. The first kappa shape index (κ1) is 11.7. The van der Waals surface area contributed by atoms with Crippen LogP contribution in [0.5, 0.6) is 0 Å². The van der Waals surface area contributed by atoms with Crippen molar-refractivity contribution < 1.29 is 4.42 Å². The molecule has 1 aromatic heterocycles. The lowest BCUT2D eigenvalue weighted by Gasteiger charge is -2.09. The van der Waals surface area contributed by atoms with Crippen LogP contribution < -0.4 is 5.63 Å². The van der Waals surface area contributed by atoms with Gasteiger partial charge in [-0.2, -0.15) is 0 Å². The molecule has 1 heterocycles. The second-order valence-electron chi connectivity index (χ2n) is 4.46. The molecule has 0 radical (unpaired) electrons. The van der Waals surface area contributed by atoms with E-state index >= 15 is 0 Å². The topological polar surface area (TPSA) is 30.2 Å². The minimum Gasteiger partial charge on any atom is -0.422 e. The summed E-state index contributed by atoms with van der Waals surface area (Å²) in [6.07, 6.45) is 0.802. The number of para-hydroxylation sites is 1. The summed E-state index contributed by atoms with van der Waals surface area (Å²) in [5, 5.41) is 1.02. The number of hydrogen-bond donors (Lipinski definition) is 0. The number of rotatable bonds is 2. The van der Waals surface area contributed by atoms with Crippen LogP contribution in [0.25, 0.3) is 22.1 Å². The summed E-state index contributed by atoms with van der Waals surface area (Å²) < 4.78 is 5.43. The zero-order valence-corrected chi connectivity index (χ0v) is 10.7. The van der Waals surface area contributed by atoms with Crippen molar-refractivity contribution in [2.45, 2.75) is 13.3 Å². The van der Waals surface area contributed by atoms with Crippen LogP contribution in [-0.4, -0.2) is 0 Å². The van der Waals surface area contributed by atoms with E-state index in [0.29, 0.717) is 11.1 Å². The first-order chi connectivity index (χ1) is 9.31. The molecule has 19 heavy (non-hydrogen) atoms. The molecule has 0 fully saturated rings. The predicted octanol–water partition coefficient (Wildman–Crippen LogP) is 4.02. The van der Waals surface area contributed by atoms with Crippen molar-refractivity contribution in [1.82, 2.24) is 0 Å². The number of aryl methyl sites for hydroxylation is 1. The van der Waals surface area contributed by atoms with Crippen LogP contribution in [0.4, 0.5) is 0 Å². The molecule has 0 amide bonds. The maximum Gasteiger partial charge on any atom is 0.344 e. The van der Waals surface area contributed by atoms with Crippen LogP contribution in [0, 0.1) is 0 Å². The van der Waals surface area contributed by atoms with E-state index < -0.39 is 0 Å². The van der Waals surface area contributed by atoms with E-state index in [-0.39, 0.29) is 5.63 Å². The van der Waals surface area contributed by atoms with Gasteiger partial charge in [0.25, 0.3) is 0 Å². The Kier molecular flexibility index (Phi) is 2.92. The summed E-state index contributed by atoms with van der Waals surface area (Å²) in [5.41, 5.74) is 3.05. The van der Waals surface area contributed by atoms with E-state index in [2.05, 4.69) is 6.92 Å². The molecule has 3 rings (SSSR count). The lowest BCUT2D eigenvalue weighted by atomic mass is 9.97. The second-order valence-corrected chi connectivity index (χ2v) is 4.46. The number of fused-ring (bicyclic) bond motifs is 1. The van der Waals surface area contributed by atoms with E-state index in [1.54, 1.807) is 0 Å². The molecule has 0 aliphatic rings. The first-order valence-electron chi connectivity index (χ1n) is 6.41. The van der Waals surface area contributed by atoms with E-state index in [0.717, 1.165) is 22.9 Å². The smallest absolute Gasteiger partial charge is 0.344 e. The summed E-state index contributed by atoms with van der Waals surface area (Å²) in [6, 6.07) is 17.4. The van der Waals surface area contributed by atoms with Crippen LogP contribution in [0.3, 0.4) is 0 Å². The Morgan fingerprint density at radius 2 is 1.63 bits per heavy atom. The fraction of sp³-hybridized carbons (Fsp3) is 0.118. The number of hydrogen-bond acceptors (Lipinski definition) is 2. The Labute approximate surface area is 111 Å². The summed E-state index contributed by atoms with van der Waals surface area (Å²) in [7, 11) is 0. The Bertz CT molecular complexity index is 770. The molecule has 0 aliphatic carbocycles. The van der Waals surface area contributed by atoms with Gasteiger partial charge in [-0.1, -0.05) is 55.5 Å². The van der Waals surface area contributed by atoms with Crippen molar-refractivity contribution in [3.63, 3.8) is 0 Å². The van der Waals surface area contributed by atoms with E-state index in [9.17, 15) is 4.79 Å². The average Bonchev–Trinajstić information content (AvgIpc) is 2.46. The maximum absolute atomic E-state index is 12.2. The highest BCUT2D eigenvalue weighted by atomic mass is 16.4. The zero-order valence-electron chi connectivity index (χ0n) is 10.7. The molecule has 0 spiro atoms. The van der Waals surface area contributed by atoms with Crippen molar-refractivity contribution in [3.8, 4) is 11.1 Å². The predicted molar refractivity (Wildman–Crippen MR) is 77.3 cm³/mol. The monoisotopic (exact) mass is 250 g/mol. The standard InChI is InChI=1S/C17H14O2/c1-2-13-14-10-6-7-11-15(14)19-17(18)16(13)12-8-4-3-5-9-12/h3-11H,2H2,1H3. The van der Waals surface area contributed by atoms with Crippen molar-refractivity contribution in [2.75, 3.05) is 0 Å². The molecule has 0 unspecified atom stereocenters. The van der Waals surface area contributed by atoms with E-state index in [1.165, 1.54) is 0 Å². The van der Waals surface area contributed by atoms with Gasteiger partial charge in [-0.15, -0.1) is 0 Å². The normalized spacial score (nSPS) is 10.8. The molecular weight excluding hydrogens is 236 g/mol. The summed E-state index contributed by atoms with van der Waals surface area (Å²) >= 11 is 0. The Morgan fingerprint density at radius 3 is 2.37 bits per heavy atom. The molecular formula is C17H14O2. The number of benzene rings is 2. The molecule has 0 atom stereocenters. The van der Waals surface area contributed by atoms with Gasteiger partial charge >= 0.3 is 5.63 Å². The summed E-state index contributed by atoms with van der Waals surface area (Å²) in [5.74, 6) is 0. The van der Waals surface area contributed by atoms with Crippen LogP contribution in [0.15, 0.2) is 63.8 Å². The lowest BCUT2D eigenvalue weighted by Crippen LogP contribution is -2.07. The van der Waals surface area contributed by atoms with Crippen LogP contribution in [-0.2, 0) is 6.42 Å². The molecule has 2 aromatic carbocycles. The van der Waals surface area contributed by atoms with Gasteiger partial charge in [0.15, 0.2) is 0 Å². The second kappa shape index (κ2) is 4.73. The minimum absolute atomic E-state index is 0.262. The van der Waals surface area contributed by atoms with Gasteiger partial charge in [0, 0.05) is 5.39 Å². The van der Waals surface area contributed by atoms with Gasteiger partial charge in [-0.05, 0) is 23.6 Å². The van der Waals surface area contributed by atoms with Gasteiger partial charge < -0.3 is 4.42 Å². The SMILES string of the molecule is CCc1c(-c2ccccc2)c(=O)oc2ccccc12. The van der Waals surface area contributed by atoms with Gasteiger partial charge in [0.2, 0.25) is 0 Å². The van der Waals surface area contributed by atoms with Gasteiger partial charge in [-0.25, -0.2) is 4.79 Å². The van der Waals surface area contributed by atoms with Crippen molar-refractivity contribution >= 4 is 11.0 Å². The summed E-state index contributed by atoms with van der Waals surface area (Å²) in [6.45, 7) is 2.06. The van der Waals surface area contributed by atoms with Crippen molar-refractivity contribution in [2.24, 2.45) is 0 Å². The van der Waals surface area contributed by atoms with Gasteiger partial charge in [-0.3, -0.25) is 0 Å². The molecule has 0 saturated carbocycles. The van der Waals surface area contributed by atoms with Crippen LogP contribution >= 0.6 is 0 Å². The third-order valence-corrected chi connectivity index (χ3v) is 3.34. The molecule has 0 N–H and O–H groups in total. The quantitative estimate of drug-likeness (QED) is 0.643. The fourth-order valence-corrected chi connectivity index (χ4v) is 2.48. The van der Waals surface area contributed by atoms with Gasteiger partial charge in [0.1, 0.15) is 5.58 Å². The fourth-order valence-electron chi connectivity index (χ4n) is 2.48. The van der Waals surface area contributed by atoms with Gasteiger partial charge in [0.05, 0.1) is 5.56 Å². The highest BCUT2D eigenvalue weighted by molar-refractivity contribution is 5.86. The molecule has 0 aliphatic heterocycles. The van der Waals surface area contributed by atoms with Crippen molar-refractivity contribution in [3.05, 3.63) is 70.6 Å². The van der Waals surface area contributed by atoms with Crippen molar-refractivity contribution in [1.29, 1.82) is 0 Å². The Hall–Kier alpha value is -2.35. The molecule has 0 bridgehead atoms. The highest BCUT2D eigenvalue weighted by Gasteiger charge is 2.14. The molecule has 3 aromatic rings.